The summed E-state index contributed by atoms with van der Waals surface area (Å²) in [5.41, 5.74) is 5.15. The zero-order chi connectivity index (χ0) is 11.6. The summed E-state index contributed by atoms with van der Waals surface area (Å²) in [6, 6.07) is 1.07. The largest absolute Gasteiger partial charge is 0.481 e. The van der Waals surface area contributed by atoms with Gasteiger partial charge in [0, 0.05) is 5.56 Å². The van der Waals surface area contributed by atoms with Gasteiger partial charge in [0.25, 0.3) is 6.43 Å². The molecule has 82 valence electrons. The summed E-state index contributed by atoms with van der Waals surface area (Å²) in [6.07, 6.45) is -3.10. The van der Waals surface area contributed by atoms with Gasteiger partial charge >= 0.3 is 5.97 Å². The summed E-state index contributed by atoms with van der Waals surface area (Å²) in [5.74, 6) is -1.20. The molecule has 0 aromatic carbocycles. The third kappa shape index (κ3) is 2.98. The fraction of sp³-hybridized carbons (Fsp3) is 0.250. The number of carbonyl (C=O) groups is 1. The first-order valence-corrected chi connectivity index (χ1v) is 4.94. The molecule has 15 heavy (non-hydrogen) atoms. The number of nitrogens with zero attached hydrogens (tertiary/aromatic N) is 1. The van der Waals surface area contributed by atoms with Gasteiger partial charge in [0.2, 0.25) is 0 Å². The zero-order valence-electron chi connectivity index (χ0n) is 7.38. The lowest BCUT2D eigenvalue weighted by molar-refractivity contribution is -0.136. The second kappa shape index (κ2) is 4.69. The predicted octanol–water partition coefficient (Wildman–Crippen LogP) is 1.83. The Hall–Kier alpha value is -0.990. The Kier molecular flexibility index (Phi) is 3.77. The molecule has 0 spiro atoms. The highest BCUT2D eigenvalue weighted by Crippen LogP contribution is 2.28. The van der Waals surface area contributed by atoms with Crippen molar-refractivity contribution in [3.05, 3.63) is 20.9 Å². The van der Waals surface area contributed by atoms with Gasteiger partial charge in [0.15, 0.2) is 0 Å². The number of halogens is 3. The Morgan fingerprint density at radius 2 is 2.27 bits per heavy atom. The Morgan fingerprint density at radius 3 is 2.73 bits per heavy atom. The van der Waals surface area contributed by atoms with Crippen LogP contribution in [0.4, 0.5) is 14.6 Å². The van der Waals surface area contributed by atoms with Crippen LogP contribution in [0.3, 0.4) is 0 Å². The third-order valence-corrected chi connectivity index (χ3v) is 2.81. The maximum Gasteiger partial charge on any atom is 0.309 e. The second-order valence-corrected chi connectivity index (χ2v) is 3.85. The van der Waals surface area contributed by atoms with E-state index in [2.05, 4.69) is 4.98 Å². The van der Waals surface area contributed by atoms with Crippen molar-refractivity contribution < 1.29 is 18.7 Å². The van der Waals surface area contributed by atoms with Crippen LogP contribution in [0.1, 0.15) is 17.7 Å². The Morgan fingerprint density at radius 1 is 1.67 bits per heavy atom. The van der Waals surface area contributed by atoms with E-state index in [0.717, 1.165) is 6.07 Å². The van der Waals surface area contributed by atoms with Crippen LogP contribution in [0.15, 0.2) is 6.07 Å². The van der Waals surface area contributed by atoms with Crippen molar-refractivity contribution in [3.8, 4) is 0 Å². The molecular formula is C8H7F2IN2O2. The van der Waals surface area contributed by atoms with Gasteiger partial charge in [-0.2, -0.15) is 0 Å². The Balaban J connectivity index is 3.17. The molecule has 0 saturated heterocycles. The van der Waals surface area contributed by atoms with Crippen LogP contribution in [0.2, 0.25) is 0 Å². The smallest absolute Gasteiger partial charge is 0.309 e. The molecule has 0 saturated carbocycles. The molecule has 0 atom stereocenters. The highest BCUT2D eigenvalue weighted by molar-refractivity contribution is 14.1. The highest BCUT2D eigenvalue weighted by Gasteiger charge is 2.17. The van der Waals surface area contributed by atoms with Crippen molar-refractivity contribution in [1.82, 2.24) is 4.98 Å². The van der Waals surface area contributed by atoms with E-state index in [4.69, 9.17) is 10.8 Å². The number of carboxylic acids is 1. The van der Waals surface area contributed by atoms with Gasteiger partial charge in [-0.25, -0.2) is 13.8 Å². The van der Waals surface area contributed by atoms with E-state index >= 15 is 0 Å². The van der Waals surface area contributed by atoms with Crippen molar-refractivity contribution in [3.63, 3.8) is 0 Å². The molecule has 1 aromatic rings. The predicted molar refractivity (Wildman–Crippen MR) is 57.7 cm³/mol. The summed E-state index contributed by atoms with van der Waals surface area (Å²) < 4.78 is 25.1. The number of pyridine rings is 1. The van der Waals surface area contributed by atoms with Crippen molar-refractivity contribution in [2.75, 3.05) is 5.73 Å². The molecule has 0 bridgehead atoms. The molecule has 1 aromatic heterocycles. The van der Waals surface area contributed by atoms with E-state index in [0.29, 0.717) is 0 Å². The summed E-state index contributed by atoms with van der Waals surface area (Å²) in [7, 11) is 0. The molecule has 0 unspecified atom stereocenters. The van der Waals surface area contributed by atoms with Gasteiger partial charge in [-0.15, -0.1) is 0 Å². The fourth-order valence-electron chi connectivity index (χ4n) is 1.03. The SMILES string of the molecule is Nc1nc(CC(=O)O)cc(C(F)F)c1I. The number of hydrogen-bond donors (Lipinski definition) is 2. The van der Waals surface area contributed by atoms with Crippen LogP contribution in [0.25, 0.3) is 0 Å². The number of nitrogens with two attached hydrogens (primary N) is 1. The van der Waals surface area contributed by atoms with Crippen molar-refractivity contribution in [1.29, 1.82) is 0 Å². The molecule has 0 aliphatic heterocycles. The lowest BCUT2D eigenvalue weighted by Crippen LogP contribution is -2.07. The minimum Gasteiger partial charge on any atom is -0.481 e. The highest BCUT2D eigenvalue weighted by atomic mass is 127. The molecule has 0 radical (unpaired) electrons. The van der Waals surface area contributed by atoms with E-state index in [9.17, 15) is 13.6 Å². The molecule has 0 fully saturated rings. The standard InChI is InChI=1S/C8H7F2IN2O2/c9-7(10)4-1-3(2-5(14)15)13-8(12)6(4)11/h1,7H,2H2,(H2,12,13)(H,14,15). The summed E-state index contributed by atoms with van der Waals surface area (Å²) in [4.78, 5) is 14.1. The number of aliphatic carboxylic acids is 1. The summed E-state index contributed by atoms with van der Waals surface area (Å²) >= 11 is 1.66. The van der Waals surface area contributed by atoms with Crippen LogP contribution in [-0.2, 0) is 11.2 Å². The molecule has 1 heterocycles. The number of alkyl halides is 2. The summed E-state index contributed by atoms with van der Waals surface area (Å²) in [6.45, 7) is 0. The molecule has 3 N–H and O–H groups in total. The average Bonchev–Trinajstić information content (AvgIpc) is 2.09. The Labute approximate surface area is 97.6 Å². The first kappa shape index (κ1) is 12.1. The van der Waals surface area contributed by atoms with Crippen LogP contribution < -0.4 is 5.73 Å². The molecule has 0 amide bonds. The minimum absolute atomic E-state index is 0.0377. The van der Waals surface area contributed by atoms with Gasteiger partial charge in [-0.05, 0) is 28.7 Å². The number of nitrogen functional groups attached to an aromatic ring is 1. The first-order valence-electron chi connectivity index (χ1n) is 3.86. The van der Waals surface area contributed by atoms with Gasteiger partial charge in [-0.3, -0.25) is 4.79 Å². The van der Waals surface area contributed by atoms with Gasteiger partial charge in [-0.1, -0.05) is 0 Å². The number of hydrogen-bond acceptors (Lipinski definition) is 3. The number of aromatic nitrogens is 1. The molecule has 1 rings (SSSR count). The third-order valence-electron chi connectivity index (χ3n) is 1.63. The molecule has 4 nitrogen and oxygen atoms in total. The van der Waals surface area contributed by atoms with Crippen LogP contribution in [0, 0.1) is 3.57 Å². The van der Waals surface area contributed by atoms with Crippen LogP contribution >= 0.6 is 22.6 Å². The molecule has 0 aliphatic carbocycles. The van der Waals surface area contributed by atoms with Gasteiger partial charge in [0.1, 0.15) is 5.82 Å². The monoisotopic (exact) mass is 328 g/mol. The molecular weight excluding hydrogens is 321 g/mol. The van der Waals surface area contributed by atoms with Crippen molar-refractivity contribution >= 4 is 34.4 Å². The van der Waals surface area contributed by atoms with Gasteiger partial charge < -0.3 is 10.8 Å². The second-order valence-electron chi connectivity index (χ2n) is 2.77. The van der Waals surface area contributed by atoms with E-state index in [-0.39, 0.29) is 20.6 Å². The topological polar surface area (TPSA) is 76.2 Å². The van der Waals surface area contributed by atoms with Crippen LogP contribution in [-0.4, -0.2) is 16.1 Å². The minimum atomic E-state index is -2.69. The fourth-order valence-corrected chi connectivity index (χ4v) is 1.54. The van der Waals surface area contributed by atoms with E-state index in [1.54, 1.807) is 22.6 Å². The maximum atomic E-state index is 12.5. The van der Waals surface area contributed by atoms with E-state index in [1.807, 2.05) is 0 Å². The average molecular weight is 328 g/mol. The normalized spacial score (nSPS) is 10.7. The lowest BCUT2D eigenvalue weighted by atomic mass is 10.2. The van der Waals surface area contributed by atoms with Crippen molar-refractivity contribution in [2.45, 2.75) is 12.8 Å². The summed E-state index contributed by atoms with van der Waals surface area (Å²) in [5, 5.41) is 8.49. The lowest BCUT2D eigenvalue weighted by Gasteiger charge is -2.07. The maximum absolute atomic E-state index is 12.5. The molecule has 0 aliphatic rings. The molecule has 7 heteroatoms. The number of carboxylic acid groups (broad SMARTS) is 1. The number of rotatable bonds is 3. The van der Waals surface area contributed by atoms with Crippen molar-refractivity contribution in [2.24, 2.45) is 0 Å². The van der Waals surface area contributed by atoms with E-state index < -0.39 is 18.8 Å². The quantitative estimate of drug-likeness (QED) is 0.830. The zero-order valence-corrected chi connectivity index (χ0v) is 9.53. The first-order chi connectivity index (χ1) is 6.91. The van der Waals surface area contributed by atoms with E-state index in [1.165, 1.54) is 0 Å². The van der Waals surface area contributed by atoms with Crippen LogP contribution in [0.5, 0.6) is 0 Å². The Bertz CT molecular complexity index is 398. The van der Waals surface area contributed by atoms with Gasteiger partial charge in [0.05, 0.1) is 15.7 Å². The number of anilines is 1.